The Bertz CT molecular complexity index is 1150. The topological polar surface area (TPSA) is 80.9 Å². The van der Waals surface area contributed by atoms with Gasteiger partial charge in [0.05, 0.1) is 6.54 Å². The Hall–Kier alpha value is -3.65. The van der Waals surface area contributed by atoms with Gasteiger partial charge in [-0.3, -0.25) is 9.78 Å². The maximum Gasteiger partial charge on any atom is 0.246 e. The van der Waals surface area contributed by atoms with Crippen LogP contribution >= 0.6 is 11.3 Å². The number of carbonyl (C=O) groups excluding carboxylic acids is 1. The van der Waals surface area contributed by atoms with Crippen LogP contribution in [0.1, 0.15) is 10.8 Å². The van der Waals surface area contributed by atoms with Crippen LogP contribution in [-0.2, 0) is 11.3 Å². The monoisotopic (exact) mass is 406 g/mol. The summed E-state index contributed by atoms with van der Waals surface area (Å²) in [7, 11) is 0. The number of pyridine rings is 1. The van der Waals surface area contributed by atoms with Crippen LogP contribution < -0.4 is 5.32 Å². The third-order valence-corrected chi connectivity index (χ3v) is 5.07. The Morgan fingerprint density at radius 2 is 1.97 bits per heavy atom. The molecule has 0 spiro atoms. The number of amides is 1. The summed E-state index contributed by atoms with van der Waals surface area (Å²) in [5.41, 5.74) is 1.33. The van der Waals surface area contributed by atoms with Crippen molar-refractivity contribution in [2.45, 2.75) is 6.54 Å². The van der Waals surface area contributed by atoms with Gasteiger partial charge in [-0.1, -0.05) is 23.4 Å². The lowest BCUT2D eigenvalue weighted by atomic mass is 10.2. The van der Waals surface area contributed by atoms with Crippen LogP contribution in [0.15, 0.2) is 71.5 Å². The predicted molar refractivity (Wildman–Crippen MR) is 108 cm³/mol. The lowest BCUT2D eigenvalue weighted by Gasteiger charge is -1.98. The summed E-state index contributed by atoms with van der Waals surface area (Å²) in [4.78, 5) is 21.9. The molecule has 1 aromatic carbocycles. The first-order valence-electron chi connectivity index (χ1n) is 8.73. The first kappa shape index (κ1) is 18.7. The molecule has 0 radical (unpaired) electrons. The van der Waals surface area contributed by atoms with Crippen LogP contribution in [0.25, 0.3) is 27.9 Å². The van der Waals surface area contributed by atoms with E-state index < -0.39 is 0 Å². The maximum absolute atomic E-state index is 13.9. The van der Waals surface area contributed by atoms with Crippen molar-refractivity contribution in [3.63, 3.8) is 0 Å². The average Bonchev–Trinajstić information content (AvgIpc) is 3.41. The number of carbonyl (C=O) groups is 1. The molecule has 144 valence electrons. The summed E-state index contributed by atoms with van der Waals surface area (Å²) >= 11 is 1.40. The number of nitrogens with zero attached hydrogens (tertiary/aromatic N) is 3. The lowest BCUT2D eigenvalue weighted by Crippen LogP contribution is -2.20. The number of hydrogen-bond acceptors (Lipinski definition) is 6. The van der Waals surface area contributed by atoms with Crippen LogP contribution in [0.4, 0.5) is 4.39 Å². The van der Waals surface area contributed by atoms with E-state index in [2.05, 4.69) is 20.4 Å². The lowest BCUT2D eigenvalue weighted by molar-refractivity contribution is -0.116. The largest absolute Gasteiger partial charge is 0.343 e. The molecule has 0 aliphatic heterocycles. The Kier molecular flexibility index (Phi) is 5.53. The first-order chi connectivity index (χ1) is 14.2. The molecule has 1 N–H and O–H groups in total. The Balaban J connectivity index is 1.34. The zero-order valence-corrected chi connectivity index (χ0v) is 15.9. The van der Waals surface area contributed by atoms with Gasteiger partial charge in [0, 0.05) is 39.4 Å². The minimum absolute atomic E-state index is 0.117. The summed E-state index contributed by atoms with van der Waals surface area (Å²) in [5, 5.41) is 6.58. The van der Waals surface area contributed by atoms with E-state index in [0.717, 1.165) is 15.3 Å². The summed E-state index contributed by atoms with van der Waals surface area (Å²) in [5.74, 6) is 0.172. The molecule has 4 rings (SSSR count). The molecule has 3 aromatic heterocycles. The quantitative estimate of drug-likeness (QED) is 0.482. The van der Waals surface area contributed by atoms with Crippen molar-refractivity contribution in [2.24, 2.45) is 0 Å². The summed E-state index contributed by atoms with van der Waals surface area (Å²) < 4.78 is 19.0. The number of rotatable bonds is 6. The molecule has 4 aromatic rings. The second-order valence-electron chi connectivity index (χ2n) is 5.98. The van der Waals surface area contributed by atoms with Gasteiger partial charge in [0.1, 0.15) is 5.82 Å². The number of nitrogens with one attached hydrogen (secondary N) is 1. The summed E-state index contributed by atoms with van der Waals surface area (Å²) in [6, 6.07) is 13.8. The second-order valence-corrected chi connectivity index (χ2v) is 7.10. The van der Waals surface area contributed by atoms with Gasteiger partial charge >= 0.3 is 0 Å². The zero-order chi connectivity index (χ0) is 20.1. The van der Waals surface area contributed by atoms with Crippen molar-refractivity contribution in [1.82, 2.24) is 20.4 Å². The molecule has 6 nitrogen and oxygen atoms in total. The molecule has 0 saturated heterocycles. The Morgan fingerprint density at radius 1 is 1.14 bits per heavy atom. The fourth-order valence-electron chi connectivity index (χ4n) is 2.57. The van der Waals surface area contributed by atoms with Gasteiger partial charge in [-0.2, -0.15) is 4.98 Å². The molecule has 0 bridgehead atoms. The molecule has 0 fully saturated rings. The van der Waals surface area contributed by atoms with Gasteiger partial charge in [0.25, 0.3) is 0 Å². The average molecular weight is 406 g/mol. The summed E-state index contributed by atoms with van der Waals surface area (Å²) in [6.07, 6.45) is 6.37. The van der Waals surface area contributed by atoms with Crippen LogP contribution in [0, 0.1) is 5.82 Å². The van der Waals surface area contributed by atoms with Crippen LogP contribution in [0.5, 0.6) is 0 Å². The number of halogens is 1. The number of benzene rings is 1. The van der Waals surface area contributed by atoms with Crippen molar-refractivity contribution in [2.75, 3.05) is 0 Å². The number of aromatic nitrogens is 3. The molecular weight excluding hydrogens is 391 g/mol. The van der Waals surface area contributed by atoms with Gasteiger partial charge in [-0.25, -0.2) is 4.39 Å². The van der Waals surface area contributed by atoms with Gasteiger partial charge in [-0.15, -0.1) is 11.3 Å². The van der Waals surface area contributed by atoms with E-state index in [1.807, 2.05) is 12.1 Å². The van der Waals surface area contributed by atoms with E-state index in [0.29, 0.717) is 17.3 Å². The molecule has 0 atom stereocenters. The van der Waals surface area contributed by atoms with Gasteiger partial charge in [0.2, 0.25) is 17.6 Å². The number of thiophene rings is 1. The van der Waals surface area contributed by atoms with Crippen molar-refractivity contribution in [1.29, 1.82) is 0 Å². The third-order valence-electron chi connectivity index (χ3n) is 3.99. The van der Waals surface area contributed by atoms with E-state index in [9.17, 15) is 9.18 Å². The van der Waals surface area contributed by atoms with Crippen LogP contribution in [0.3, 0.4) is 0 Å². The van der Waals surface area contributed by atoms with E-state index in [-0.39, 0.29) is 18.3 Å². The molecule has 3 heterocycles. The van der Waals surface area contributed by atoms with E-state index in [1.165, 1.54) is 23.5 Å². The van der Waals surface area contributed by atoms with E-state index in [1.54, 1.807) is 48.8 Å². The molecule has 8 heteroatoms. The minimum Gasteiger partial charge on any atom is -0.343 e. The fraction of sp³-hybridized carbons (Fsp3) is 0.0476. The van der Waals surface area contributed by atoms with Crippen molar-refractivity contribution in [3.05, 3.63) is 83.6 Å². The highest BCUT2D eigenvalue weighted by molar-refractivity contribution is 7.16. The molecule has 0 unspecified atom stereocenters. The first-order valence-corrected chi connectivity index (χ1v) is 9.54. The Morgan fingerprint density at radius 3 is 2.79 bits per heavy atom. The van der Waals surface area contributed by atoms with E-state index >= 15 is 0 Å². The molecule has 0 saturated carbocycles. The maximum atomic E-state index is 13.9. The normalized spacial score (nSPS) is 11.1. The molecule has 0 aliphatic carbocycles. The van der Waals surface area contributed by atoms with Gasteiger partial charge in [0.15, 0.2) is 0 Å². The van der Waals surface area contributed by atoms with E-state index in [4.69, 9.17) is 4.52 Å². The van der Waals surface area contributed by atoms with Crippen LogP contribution in [0.2, 0.25) is 0 Å². The highest BCUT2D eigenvalue weighted by Crippen LogP contribution is 2.30. The minimum atomic E-state index is -0.297. The molecule has 0 aliphatic rings. The third kappa shape index (κ3) is 4.61. The van der Waals surface area contributed by atoms with Crippen molar-refractivity contribution >= 4 is 23.3 Å². The molecule has 1 amide bonds. The van der Waals surface area contributed by atoms with Gasteiger partial charge < -0.3 is 9.84 Å². The number of hydrogen-bond donors (Lipinski definition) is 1. The zero-order valence-electron chi connectivity index (χ0n) is 15.1. The highest BCUT2D eigenvalue weighted by Gasteiger charge is 2.09. The molecule has 29 heavy (non-hydrogen) atoms. The Labute approximate surface area is 169 Å². The second kappa shape index (κ2) is 8.57. The van der Waals surface area contributed by atoms with Gasteiger partial charge in [-0.05, 0) is 36.4 Å². The highest BCUT2D eigenvalue weighted by atomic mass is 32.1. The molecular formula is C21H15FN4O2S. The SMILES string of the molecule is O=C(/C=C/c1ccc(-c2ccccc2F)s1)NCc1nc(-c2ccncc2)no1. The van der Waals surface area contributed by atoms with Crippen molar-refractivity contribution < 1.29 is 13.7 Å². The predicted octanol–water partition coefficient (Wildman–Crippen LogP) is 4.33. The van der Waals surface area contributed by atoms with Crippen molar-refractivity contribution in [3.8, 4) is 21.8 Å². The summed E-state index contributed by atoms with van der Waals surface area (Å²) in [6.45, 7) is 0.117. The smallest absolute Gasteiger partial charge is 0.246 e. The fourth-order valence-corrected chi connectivity index (χ4v) is 3.51. The standard InChI is InChI=1S/C21H15FN4O2S/c22-17-4-2-1-3-16(17)18-7-5-15(29-18)6-8-19(27)24-13-20-25-21(26-28-20)14-9-11-23-12-10-14/h1-12H,13H2,(H,24,27)/b8-6+. The van der Waals surface area contributed by atoms with Crippen LogP contribution in [-0.4, -0.2) is 21.0 Å².